The monoisotopic (exact) mass is 243 g/mol. The summed E-state index contributed by atoms with van der Waals surface area (Å²) in [6, 6.07) is 13.1. The molecule has 0 fully saturated rings. The Morgan fingerprint density at radius 1 is 1.06 bits per heavy atom. The zero-order valence-corrected chi connectivity index (χ0v) is 10.2. The molecule has 0 aliphatic heterocycles. The molecule has 0 spiro atoms. The van der Waals surface area contributed by atoms with Gasteiger partial charge in [0.25, 0.3) is 5.91 Å². The second kappa shape index (κ2) is 4.87. The predicted molar refractivity (Wildman–Crippen MR) is 67.8 cm³/mol. The van der Waals surface area contributed by atoms with Crippen LogP contribution >= 0.6 is 0 Å². The van der Waals surface area contributed by atoms with Crippen LogP contribution in [-0.4, -0.2) is 24.0 Å². The summed E-state index contributed by atoms with van der Waals surface area (Å²) >= 11 is 0. The molecule has 4 nitrogen and oxygen atoms in total. The van der Waals surface area contributed by atoms with Crippen LogP contribution in [0.1, 0.15) is 17.3 Å². The summed E-state index contributed by atoms with van der Waals surface area (Å²) in [6.07, 6.45) is 0. The molecule has 0 N–H and O–H groups in total. The van der Waals surface area contributed by atoms with Crippen molar-refractivity contribution in [1.29, 1.82) is 0 Å². The molecule has 0 radical (unpaired) electrons. The van der Waals surface area contributed by atoms with Crippen molar-refractivity contribution in [1.82, 2.24) is 5.06 Å². The normalized spacial score (nSPS) is 10.1. The lowest BCUT2D eigenvalue weighted by Crippen LogP contribution is -2.28. The van der Waals surface area contributed by atoms with Crippen molar-refractivity contribution in [3.63, 3.8) is 0 Å². The number of hydrogen-bond acceptors (Lipinski definition) is 3. The molecule has 0 saturated carbocycles. The first-order chi connectivity index (χ1) is 8.58. The quantitative estimate of drug-likeness (QED) is 0.722. The maximum absolute atomic E-state index is 12.0. The van der Waals surface area contributed by atoms with E-state index in [1.54, 1.807) is 12.1 Å². The number of carbonyl (C=O) groups is 2. The van der Waals surface area contributed by atoms with E-state index in [9.17, 15) is 9.59 Å². The number of fused-ring (bicyclic) bond motifs is 1. The van der Waals surface area contributed by atoms with Crippen LogP contribution in [0.4, 0.5) is 0 Å². The number of nitrogens with zero attached hydrogens (tertiary/aromatic N) is 1. The lowest BCUT2D eigenvalue weighted by atomic mass is 10.1. The molecule has 92 valence electrons. The van der Waals surface area contributed by atoms with E-state index in [1.165, 1.54) is 14.0 Å². The summed E-state index contributed by atoms with van der Waals surface area (Å²) in [5, 5.41) is 2.97. The molecule has 0 saturated heterocycles. The third kappa shape index (κ3) is 2.48. The van der Waals surface area contributed by atoms with Gasteiger partial charge in [-0.1, -0.05) is 30.3 Å². The zero-order chi connectivity index (χ0) is 13.1. The molecular weight excluding hydrogens is 230 g/mol. The summed E-state index contributed by atoms with van der Waals surface area (Å²) in [5.41, 5.74) is 0.484. The molecule has 0 aliphatic rings. The maximum atomic E-state index is 12.0. The van der Waals surface area contributed by atoms with Crippen molar-refractivity contribution in [3.8, 4) is 0 Å². The molecule has 0 aliphatic carbocycles. The van der Waals surface area contributed by atoms with Crippen LogP contribution < -0.4 is 0 Å². The van der Waals surface area contributed by atoms with Gasteiger partial charge in [-0.3, -0.25) is 9.59 Å². The van der Waals surface area contributed by atoms with Crippen LogP contribution in [-0.2, 0) is 9.63 Å². The Kier molecular flexibility index (Phi) is 3.28. The summed E-state index contributed by atoms with van der Waals surface area (Å²) < 4.78 is 0. The molecule has 0 unspecified atom stereocenters. The summed E-state index contributed by atoms with van der Waals surface area (Å²) in [5.74, 6) is -0.873. The smallest absolute Gasteiger partial charge is 0.329 e. The molecule has 2 rings (SSSR count). The first-order valence-electron chi connectivity index (χ1n) is 5.53. The second-order valence-corrected chi connectivity index (χ2v) is 3.95. The van der Waals surface area contributed by atoms with E-state index in [1.807, 2.05) is 30.3 Å². The van der Waals surface area contributed by atoms with Crippen molar-refractivity contribution in [2.75, 3.05) is 7.05 Å². The van der Waals surface area contributed by atoms with E-state index < -0.39 is 5.97 Å². The second-order valence-electron chi connectivity index (χ2n) is 3.95. The van der Waals surface area contributed by atoms with Crippen LogP contribution in [0.3, 0.4) is 0 Å². The SMILES string of the molecule is CC(=O)ON(C)C(=O)c1ccc2ccccc2c1. The number of rotatable bonds is 1. The van der Waals surface area contributed by atoms with E-state index in [2.05, 4.69) is 0 Å². The van der Waals surface area contributed by atoms with Gasteiger partial charge in [0.1, 0.15) is 0 Å². The molecule has 0 atom stereocenters. The van der Waals surface area contributed by atoms with E-state index in [-0.39, 0.29) is 5.91 Å². The molecule has 4 heteroatoms. The number of amides is 1. The van der Waals surface area contributed by atoms with Gasteiger partial charge in [-0.05, 0) is 22.9 Å². The Morgan fingerprint density at radius 3 is 2.39 bits per heavy atom. The van der Waals surface area contributed by atoms with Crippen LogP contribution in [0.5, 0.6) is 0 Å². The van der Waals surface area contributed by atoms with E-state index in [0.29, 0.717) is 5.56 Å². The van der Waals surface area contributed by atoms with Crippen LogP contribution in [0.15, 0.2) is 42.5 Å². The minimum atomic E-state index is -0.522. The van der Waals surface area contributed by atoms with Gasteiger partial charge in [0.2, 0.25) is 0 Å². The van der Waals surface area contributed by atoms with Gasteiger partial charge in [0, 0.05) is 19.5 Å². The van der Waals surface area contributed by atoms with E-state index >= 15 is 0 Å². The topological polar surface area (TPSA) is 46.6 Å². The van der Waals surface area contributed by atoms with Gasteiger partial charge in [-0.2, -0.15) is 5.06 Å². The van der Waals surface area contributed by atoms with Crippen LogP contribution in [0.2, 0.25) is 0 Å². The largest absolute Gasteiger partial charge is 0.338 e. The highest BCUT2D eigenvalue weighted by Crippen LogP contribution is 2.16. The maximum Gasteiger partial charge on any atom is 0.329 e. The average molecular weight is 243 g/mol. The molecule has 0 heterocycles. The van der Waals surface area contributed by atoms with Crippen molar-refractivity contribution in [3.05, 3.63) is 48.0 Å². The van der Waals surface area contributed by atoms with Crippen molar-refractivity contribution < 1.29 is 14.4 Å². The molecular formula is C14H13NO3. The van der Waals surface area contributed by atoms with Gasteiger partial charge >= 0.3 is 5.97 Å². The first-order valence-corrected chi connectivity index (χ1v) is 5.53. The van der Waals surface area contributed by atoms with E-state index in [0.717, 1.165) is 15.8 Å². The fourth-order valence-electron chi connectivity index (χ4n) is 1.74. The van der Waals surface area contributed by atoms with Gasteiger partial charge in [-0.25, -0.2) is 0 Å². The highest BCUT2D eigenvalue weighted by molar-refractivity contribution is 5.98. The fraction of sp³-hybridized carbons (Fsp3) is 0.143. The first kappa shape index (κ1) is 12.1. The molecule has 1 amide bonds. The highest BCUT2D eigenvalue weighted by Gasteiger charge is 2.14. The van der Waals surface area contributed by atoms with Crippen molar-refractivity contribution in [2.45, 2.75) is 6.92 Å². The van der Waals surface area contributed by atoms with E-state index in [4.69, 9.17) is 4.84 Å². The summed E-state index contributed by atoms with van der Waals surface area (Å²) in [7, 11) is 1.42. The molecule has 0 bridgehead atoms. The third-order valence-corrected chi connectivity index (χ3v) is 2.55. The Morgan fingerprint density at radius 2 is 1.72 bits per heavy atom. The summed E-state index contributed by atoms with van der Waals surface area (Å²) in [6.45, 7) is 1.25. The number of carbonyl (C=O) groups excluding carboxylic acids is 2. The molecule has 2 aromatic carbocycles. The Balaban J connectivity index is 2.30. The van der Waals surface area contributed by atoms with Gasteiger partial charge in [0.05, 0.1) is 0 Å². The van der Waals surface area contributed by atoms with Gasteiger partial charge in [-0.15, -0.1) is 0 Å². The lowest BCUT2D eigenvalue weighted by Gasteiger charge is -2.15. The zero-order valence-electron chi connectivity index (χ0n) is 10.2. The van der Waals surface area contributed by atoms with Crippen molar-refractivity contribution in [2.24, 2.45) is 0 Å². The van der Waals surface area contributed by atoms with Crippen LogP contribution in [0, 0.1) is 0 Å². The number of hydroxylamine groups is 2. The number of hydrogen-bond donors (Lipinski definition) is 0. The fourth-order valence-corrected chi connectivity index (χ4v) is 1.74. The third-order valence-electron chi connectivity index (χ3n) is 2.55. The van der Waals surface area contributed by atoms with Gasteiger partial charge < -0.3 is 4.84 Å². The number of benzene rings is 2. The molecule has 0 aromatic heterocycles. The Labute approximate surface area is 105 Å². The summed E-state index contributed by atoms with van der Waals surface area (Å²) in [4.78, 5) is 27.5. The lowest BCUT2D eigenvalue weighted by molar-refractivity contribution is -0.170. The average Bonchev–Trinajstić information content (AvgIpc) is 2.36. The van der Waals surface area contributed by atoms with Gasteiger partial charge in [0.15, 0.2) is 0 Å². The Bertz CT molecular complexity index is 607. The van der Waals surface area contributed by atoms with Crippen LogP contribution in [0.25, 0.3) is 10.8 Å². The predicted octanol–water partition coefficient (Wildman–Crippen LogP) is 2.39. The van der Waals surface area contributed by atoms with Crippen molar-refractivity contribution >= 4 is 22.6 Å². The minimum absolute atomic E-state index is 0.351. The molecule has 18 heavy (non-hydrogen) atoms. The highest BCUT2D eigenvalue weighted by atomic mass is 16.7. The Hall–Kier alpha value is -2.36. The standard InChI is InChI=1S/C14H13NO3/c1-10(16)18-15(2)14(17)13-8-7-11-5-3-4-6-12(11)9-13/h3-9H,1-2H3. The molecule has 2 aromatic rings. The minimum Gasteiger partial charge on any atom is -0.338 e.